The number of carbonyl (C=O) groups is 1. The number of rotatable bonds is 3. The lowest BCUT2D eigenvalue weighted by molar-refractivity contribution is -0.138. The SMILES string of the molecule is Cc1c(C)n(C)c2ccc(CC(N)C(=O)O)cc12. The first-order valence-corrected chi connectivity index (χ1v) is 5.94. The normalized spacial score (nSPS) is 12.9. The Bertz CT molecular complexity index is 614. The molecule has 0 saturated carbocycles. The third kappa shape index (κ3) is 1.99. The molecule has 0 aliphatic rings. The van der Waals surface area contributed by atoms with E-state index >= 15 is 0 Å². The van der Waals surface area contributed by atoms with Gasteiger partial charge in [-0.15, -0.1) is 0 Å². The fourth-order valence-electron chi connectivity index (χ4n) is 2.27. The Balaban J connectivity index is 2.45. The van der Waals surface area contributed by atoms with Crippen LogP contribution in [0.5, 0.6) is 0 Å². The number of benzene rings is 1. The lowest BCUT2D eigenvalue weighted by Crippen LogP contribution is -2.32. The highest BCUT2D eigenvalue weighted by atomic mass is 16.4. The molecule has 0 aliphatic carbocycles. The summed E-state index contributed by atoms with van der Waals surface area (Å²) in [7, 11) is 2.04. The van der Waals surface area contributed by atoms with Gasteiger partial charge in [0.25, 0.3) is 0 Å². The molecular formula is C14H18N2O2. The maximum absolute atomic E-state index is 10.8. The van der Waals surface area contributed by atoms with Gasteiger partial charge in [-0.3, -0.25) is 4.79 Å². The quantitative estimate of drug-likeness (QED) is 0.867. The zero-order valence-electron chi connectivity index (χ0n) is 10.9. The number of hydrogen-bond donors (Lipinski definition) is 2. The molecule has 1 unspecified atom stereocenters. The number of aliphatic carboxylic acids is 1. The summed E-state index contributed by atoms with van der Waals surface area (Å²) in [6.07, 6.45) is 0.360. The van der Waals surface area contributed by atoms with Gasteiger partial charge in [-0.25, -0.2) is 0 Å². The summed E-state index contributed by atoms with van der Waals surface area (Å²) in [5, 5.41) is 10.0. The van der Waals surface area contributed by atoms with Crippen LogP contribution >= 0.6 is 0 Å². The number of nitrogens with two attached hydrogens (primary N) is 1. The molecule has 4 heteroatoms. The van der Waals surface area contributed by atoms with E-state index < -0.39 is 12.0 Å². The van der Waals surface area contributed by atoms with Crippen LogP contribution in [0.4, 0.5) is 0 Å². The number of carboxylic acids is 1. The zero-order chi connectivity index (χ0) is 13.4. The molecule has 0 fully saturated rings. The molecule has 96 valence electrons. The second-order valence-corrected chi connectivity index (χ2v) is 4.77. The maximum Gasteiger partial charge on any atom is 0.320 e. The minimum atomic E-state index is -0.962. The van der Waals surface area contributed by atoms with E-state index in [0.717, 1.165) is 11.1 Å². The van der Waals surface area contributed by atoms with Crippen molar-refractivity contribution < 1.29 is 9.90 Å². The molecule has 1 atom stereocenters. The van der Waals surface area contributed by atoms with Gasteiger partial charge in [0.05, 0.1) is 0 Å². The number of aryl methyl sites for hydroxylation is 2. The molecule has 0 aliphatic heterocycles. The number of carboxylic acid groups (broad SMARTS) is 1. The minimum Gasteiger partial charge on any atom is -0.480 e. The van der Waals surface area contributed by atoms with E-state index in [2.05, 4.69) is 18.4 Å². The van der Waals surface area contributed by atoms with Crippen molar-refractivity contribution in [2.45, 2.75) is 26.3 Å². The lowest BCUT2D eigenvalue weighted by Gasteiger charge is -2.07. The van der Waals surface area contributed by atoms with Crippen LogP contribution in [0.15, 0.2) is 18.2 Å². The maximum atomic E-state index is 10.8. The molecule has 0 saturated heterocycles. The molecule has 1 heterocycles. The average Bonchev–Trinajstić information content (AvgIpc) is 2.54. The fourth-order valence-corrected chi connectivity index (χ4v) is 2.27. The first-order valence-electron chi connectivity index (χ1n) is 5.94. The molecular weight excluding hydrogens is 228 g/mol. The van der Waals surface area contributed by atoms with Crippen molar-refractivity contribution >= 4 is 16.9 Å². The summed E-state index contributed by atoms with van der Waals surface area (Å²) in [6.45, 7) is 4.16. The first-order chi connectivity index (χ1) is 8.41. The summed E-state index contributed by atoms with van der Waals surface area (Å²) >= 11 is 0. The van der Waals surface area contributed by atoms with Crippen LogP contribution in [0.1, 0.15) is 16.8 Å². The van der Waals surface area contributed by atoms with Gasteiger partial charge in [0.1, 0.15) is 6.04 Å². The van der Waals surface area contributed by atoms with Crippen LogP contribution in [-0.4, -0.2) is 21.7 Å². The molecule has 18 heavy (non-hydrogen) atoms. The van der Waals surface area contributed by atoms with Crippen LogP contribution in [0.3, 0.4) is 0 Å². The van der Waals surface area contributed by atoms with Crippen molar-refractivity contribution in [1.29, 1.82) is 0 Å². The summed E-state index contributed by atoms with van der Waals surface area (Å²) in [5.41, 5.74) is 10.2. The van der Waals surface area contributed by atoms with Gasteiger partial charge in [0.2, 0.25) is 0 Å². The van der Waals surface area contributed by atoms with Crippen LogP contribution in [-0.2, 0) is 18.3 Å². The Morgan fingerprint density at radius 1 is 1.44 bits per heavy atom. The highest BCUT2D eigenvalue weighted by Crippen LogP contribution is 2.25. The summed E-state index contributed by atoms with van der Waals surface area (Å²) in [5.74, 6) is -0.962. The van der Waals surface area contributed by atoms with Gasteiger partial charge in [-0.05, 0) is 43.5 Å². The van der Waals surface area contributed by atoms with Crippen LogP contribution in [0.2, 0.25) is 0 Å². The van der Waals surface area contributed by atoms with Gasteiger partial charge in [0, 0.05) is 23.6 Å². The van der Waals surface area contributed by atoms with E-state index in [1.165, 1.54) is 16.6 Å². The molecule has 0 spiro atoms. The Morgan fingerprint density at radius 2 is 2.11 bits per heavy atom. The molecule has 3 N–H and O–H groups in total. The fraction of sp³-hybridized carbons (Fsp3) is 0.357. The molecule has 1 aromatic heterocycles. The highest BCUT2D eigenvalue weighted by Gasteiger charge is 2.14. The van der Waals surface area contributed by atoms with E-state index in [9.17, 15) is 4.79 Å². The predicted octanol–water partition coefficient (Wildman–Crippen LogP) is 1.75. The van der Waals surface area contributed by atoms with Gasteiger partial charge < -0.3 is 15.4 Å². The summed E-state index contributed by atoms with van der Waals surface area (Å²) in [6, 6.07) is 5.18. The topological polar surface area (TPSA) is 68.2 Å². The zero-order valence-corrected chi connectivity index (χ0v) is 10.9. The van der Waals surface area contributed by atoms with Gasteiger partial charge in [-0.2, -0.15) is 0 Å². The Labute approximate surface area is 106 Å². The van der Waals surface area contributed by atoms with E-state index in [1.807, 2.05) is 25.2 Å². The van der Waals surface area contributed by atoms with Crippen molar-refractivity contribution in [1.82, 2.24) is 4.57 Å². The average molecular weight is 246 g/mol. The van der Waals surface area contributed by atoms with Crippen molar-refractivity contribution in [3.05, 3.63) is 35.0 Å². The number of aromatic nitrogens is 1. The molecule has 2 rings (SSSR count). The van der Waals surface area contributed by atoms with E-state index in [1.54, 1.807) is 0 Å². The van der Waals surface area contributed by atoms with Crippen LogP contribution in [0, 0.1) is 13.8 Å². The Hall–Kier alpha value is -1.81. The standard InChI is InChI=1S/C14H18N2O2/c1-8-9(2)16(3)13-5-4-10(6-11(8)13)7-12(15)14(17)18/h4-6,12H,7,15H2,1-3H3,(H,17,18). The van der Waals surface area contributed by atoms with E-state index in [0.29, 0.717) is 6.42 Å². The summed E-state index contributed by atoms with van der Waals surface area (Å²) < 4.78 is 2.14. The second-order valence-electron chi connectivity index (χ2n) is 4.77. The van der Waals surface area contributed by atoms with Crippen molar-refractivity contribution in [3.63, 3.8) is 0 Å². The van der Waals surface area contributed by atoms with Crippen molar-refractivity contribution in [2.24, 2.45) is 12.8 Å². The summed E-state index contributed by atoms with van der Waals surface area (Å²) in [4.78, 5) is 10.8. The van der Waals surface area contributed by atoms with Gasteiger partial charge >= 0.3 is 5.97 Å². The van der Waals surface area contributed by atoms with Gasteiger partial charge in [0.15, 0.2) is 0 Å². The van der Waals surface area contributed by atoms with Crippen molar-refractivity contribution in [3.8, 4) is 0 Å². The smallest absolute Gasteiger partial charge is 0.320 e. The molecule has 0 bridgehead atoms. The van der Waals surface area contributed by atoms with E-state index in [4.69, 9.17) is 10.8 Å². The number of hydrogen-bond acceptors (Lipinski definition) is 2. The molecule has 2 aromatic rings. The molecule has 0 radical (unpaired) electrons. The molecule has 1 aromatic carbocycles. The van der Waals surface area contributed by atoms with Crippen molar-refractivity contribution in [2.75, 3.05) is 0 Å². The lowest BCUT2D eigenvalue weighted by atomic mass is 10.0. The van der Waals surface area contributed by atoms with E-state index in [-0.39, 0.29) is 0 Å². The third-order valence-electron chi connectivity index (χ3n) is 3.64. The number of nitrogens with zero attached hydrogens (tertiary/aromatic N) is 1. The minimum absolute atomic E-state index is 0.360. The molecule has 4 nitrogen and oxygen atoms in total. The Kier molecular flexibility index (Phi) is 3.13. The monoisotopic (exact) mass is 246 g/mol. The van der Waals surface area contributed by atoms with Crippen LogP contribution < -0.4 is 5.73 Å². The second kappa shape index (κ2) is 4.46. The Morgan fingerprint density at radius 3 is 2.72 bits per heavy atom. The predicted molar refractivity (Wildman–Crippen MR) is 71.7 cm³/mol. The number of fused-ring (bicyclic) bond motifs is 1. The first kappa shape index (κ1) is 12.6. The van der Waals surface area contributed by atoms with Crippen LogP contribution in [0.25, 0.3) is 10.9 Å². The molecule has 0 amide bonds. The van der Waals surface area contributed by atoms with Gasteiger partial charge in [-0.1, -0.05) is 6.07 Å². The highest BCUT2D eigenvalue weighted by molar-refractivity contribution is 5.86. The largest absolute Gasteiger partial charge is 0.480 e. The third-order valence-corrected chi connectivity index (χ3v) is 3.64.